The Hall–Kier alpha value is -0.470. The lowest BCUT2D eigenvalue weighted by molar-refractivity contribution is 0.752. The molecule has 1 aliphatic carbocycles. The van der Waals surface area contributed by atoms with Gasteiger partial charge in [-0.25, -0.2) is 0 Å². The molecule has 0 saturated heterocycles. The molecule has 1 nitrogen and oxygen atoms in total. The van der Waals surface area contributed by atoms with Gasteiger partial charge in [-0.05, 0) is 45.4 Å². The molecule has 0 radical (unpaired) electrons. The fourth-order valence-corrected chi connectivity index (χ4v) is 3.27. The second-order valence-electron chi connectivity index (χ2n) is 4.58. The third-order valence-corrected chi connectivity index (χ3v) is 4.63. The van der Waals surface area contributed by atoms with Crippen molar-refractivity contribution in [3.8, 4) is 0 Å². The first-order valence-corrected chi connectivity index (χ1v) is 6.38. The Morgan fingerprint density at radius 1 is 1.33 bits per heavy atom. The van der Waals surface area contributed by atoms with Gasteiger partial charge < -0.3 is 5.32 Å². The molecule has 1 aromatic rings. The Kier molecular flexibility index (Phi) is 3.08. The smallest absolute Gasteiger partial charge is 0.0332 e. The molecule has 2 heteroatoms. The zero-order valence-corrected chi connectivity index (χ0v) is 10.6. The molecule has 1 aliphatic rings. The van der Waals surface area contributed by atoms with Crippen LogP contribution in [0, 0.1) is 13.8 Å². The Morgan fingerprint density at radius 2 is 2.07 bits per heavy atom. The maximum Gasteiger partial charge on any atom is 0.0332 e. The number of nitrogens with one attached hydrogen (secondary N) is 1. The van der Waals surface area contributed by atoms with Crippen LogP contribution in [0.1, 0.15) is 24.0 Å². The van der Waals surface area contributed by atoms with Crippen LogP contribution in [-0.2, 0) is 0 Å². The molecule has 0 amide bonds. The van der Waals surface area contributed by atoms with Crippen molar-refractivity contribution in [2.45, 2.75) is 36.3 Å². The van der Waals surface area contributed by atoms with Gasteiger partial charge in [-0.2, -0.15) is 0 Å². The Bertz CT molecular complexity index is 356. The van der Waals surface area contributed by atoms with Crippen molar-refractivity contribution < 1.29 is 0 Å². The molecule has 1 aromatic carbocycles. The molecule has 0 atom stereocenters. The maximum atomic E-state index is 3.30. The number of aryl methyl sites for hydroxylation is 2. The SMILES string of the molecule is CNCC1(Sc2ccc(C)cc2C)CC1. The molecular weight excluding hydrogens is 202 g/mol. The molecule has 0 unspecified atom stereocenters. The molecule has 2 rings (SSSR count). The topological polar surface area (TPSA) is 12.0 Å². The van der Waals surface area contributed by atoms with Crippen LogP contribution in [0.2, 0.25) is 0 Å². The lowest BCUT2D eigenvalue weighted by atomic mass is 10.2. The zero-order valence-electron chi connectivity index (χ0n) is 9.76. The Labute approximate surface area is 96.7 Å². The summed E-state index contributed by atoms with van der Waals surface area (Å²) >= 11 is 2.05. The van der Waals surface area contributed by atoms with Crippen LogP contribution in [0.3, 0.4) is 0 Å². The Balaban J connectivity index is 2.11. The average molecular weight is 221 g/mol. The molecule has 15 heavy (non-hydrogen) atoms. The summed E-state index contributed by atoms with van der Waals surface area (Å²) in [5, 5.41) is 3.30. The molecule has 1 N–H and O–H groups in total. The second kappa shape index (κ2) is 4.18. The minimum atomic E-state index is 0.495. The van der Waals surface area contributed by atoms with E-state index in [0.29, 0.717) is 4.75 Å². The van der Waals surface area contributed by atoms with E-state index in [1.165, 1.54) is 28.9 Å². The summed E-state index contributed by atoms with van der Waals surface area (Å²) in [5.41, 5.74) is 2.78. The van der Waals surface area contributed by atoms with Gasteiger partial charge in [0.25, 0.3) is 0 Å². The van der Waals surface area contributed by atoms with E-state index in [1.807, 2.05) is 7.05 Å². The van der Waals surface area contributed by atoms with E-state index in [9.17, 15) is 0 Å². The summed E-state index contributed by atoms with van der Waals surface area (Å²) in [6.07, 6.45) is 2.71. The van der Waals surface area contributed by atoms with Crippen LogP contribution in [0.25, 0.3) is 0 Å². The highest BCUT2D eigenvalue weighted by Crippen LogP contribution is 2.51. The minimum Gasteiger partial charge on any atom is -0.318 e. The predicted octanol–water partition coefficient (Wildman–Crippen LogP) is 3.15. The van der Waals surface area contributed by atoms with Crippen LogP contribution in [0.4, 0.5) is 0 Å². The second-order valence-corrected chi connectivity index (χ2v) is 6.09. The minimum absolute atomic E-state index is 0.495. The average Bonchev–Trinajstić information content (AvgIpc) is 2.91. The van der Waals surface area contributed by atoms with Gasteiger partial charge in [0.05, 0.1) is 0 Å². The van der Waals surface area contributed by atoms with E-state index < -0.39 is 0 Å². The highest BCUT2D eigenvalue weighted by Gasteiger charge is 2.43. The largest absolute Gasteiger partial charge is 0.318 e. The number of hydrogen-bond acceptors (Lipinski definition) is 2. The van der Waals surface area contributed by atoms with Crippen LogP contribution < -0.4 is 5.32 Å². The first-order valence-electron chi connectivity index (χ1n) is 5.56. The number of rotatable bonds is 4. The fourth-order valence-electron chi connectivity index (χ4n) is 1.92. The first-order chi connectivity index (χ1) is 7.15. The van der Waals surface area contributed by atoms with E-state index >= 15 is 0 Å². The van der Waals surface area contributed by atoms with E-state index in [1.54, 1.807) is 0 Å². The standard InChI is InChI=1S/C13H19NS/c1-10-4-5-12(11(2)8-10)15-13(6-7-13)9-14-3/h4-5,8,14H,6-7,9H2,1-3H3. The third kappa shape index (κ3) is 2.56. The van der Waals surface area contributed by atoms with Gasteiger partial charge in [-0.15, -0.1) is 11.8 Å². The zero-order chi connectivity index (χ0) is 10.9. The number of benzene rings is 1. The highest BCUT2D eigenvalue weighted by molar-refractivity contribution is 8.01. The van der Waals surface area contributed by atoms with E-state index in [4.69, 9.17) is 0 Å². The van der Waals surface area contributed by atoms with Crippen molar-refractivity contribution in [2.24, 2.45) is 0 Å². The van der Waals surface area contributed by atoms with Crippen molar-refractivity contribution in [3.05, 3.63) is 29.3 Å². The van der Waals surface area contributed by atoms with Crippen molar-refractivity contribution in [3.63, 3.8) is 0 Å². The molecule has 0 heterocycles. The van der Waals surface area contributed by atoms with E-state index in [0.717, 1.165) is 6.54 Å². The van der Waals surface area contributed by atoms with Crippen LogP contribution in [0.5, 0.6) is 0 Å². The monoisotopic (exact) mass is 221 g/mol. The molecule has 1 saturated carbocycles. The third-order valence-electron chi connectivity index (χ3n) is 2.96. The molecule has 0 aliphatic heterocycles. The van der Waals surface area contributed by atoms with Gasteiger partial charge in [-0.3, -0.25) is 0 Å². The van der Waals surface area contributed by atoms with Crippen LogP contribution >= 0.6 is 11.8 Å². The van der Waals surface area contributed by atoms with Gasteiger partial charge in [0.1, 0.15) is 0 Å². The van der Waals surface area contributed by atoms with Crippen molar-refractivity contribution in [2.75, 3.05) is 13.6 Å². The first kappa shape index (κ1) is 11.0. The molecule has 0 bridgehead atoms. The van der Waals surface area contributed by atoms with Crippen molar-refractivity contribution in [1.29, 1.82) is 0 Å². The molecule has 0 aromatic heterocycles. The van der Waals surface area contributed by atoms with Gasteiger partial charge in [0.2, 0.25) is 0 Å². The molecule has 0 spiro atoms. The molecule has 82 valence electrons. The number of hydrogen-bond donors (Lipinski definition) is 1. The lowest BCUT2D eigenvalue weighted by Crippen LogP contribution is -2.22. The summed E-state index contributed by atoms with van der Waals surface area (Å²) in [6.45, 7) is 5.50. The summed E-state index contributed by atoms with van der Waals surface area (Å²) < 4.78 is 0.495. The van der Waals surface area contributed by atoms with Crippen molar-refractivity contribution in [1.82, 2.24) is 5.32 Å². The Morgan fingerprint density at radius 3 is 2.60 bits per heavy atom. The molecular formula is C13H19NS. The quantitative estimate of drug-likeness (QED) is 0.838. The summed E-state index contributed by atoms with van der Waals surface area (Å²) in [7, 11) is 2.04. The molecule has 1 fully saturated rings. The van der Waals surface area contributed by atoms with Crippen LogP contribution in [0.15, 0.2) is 23.1 Å². The normalized spacial score (nSPS) is 17.8. The van der Waals surface area contributed by atoms with E-state index in [2.05, 4.69) is 49.1 Å². The van der Waals surface area contributed by atoms with Gasteiger partial charge in [-0.1, -0.05) is 17.7 Å². The predicted molar refractivity (Wildman–Crippen MR) is 67.7 cm³/mol. The van der Waals surface area contributed by atoms with Gasteiger partial charge in [0.15, 0.2) is 0 Å². The highest BCUT2D eigenvalue weighted by atomic mass is 32.2. The summed E-state index contributed by atoms with van der Waals surface area (Å²) in [4.78, 5) is 1.45. The fraction of sp³-hybridized carbons (Fsp3) is 0.538. The lowest BCUT2D eigenvalue weighted by Gasteiger charge is -2.15. The maximum absolute atomic E-state index is 3.30. The summed E-state index contributed by atoms with van der Waals surface area (Å²) in [6, 6.07) is 6.76. The van der Waals surface area contributed by atoms with E-state index in [-0.39, 0.29) is 0 Å². The van der Waals surface area contributed by atoms with Crippen molar-refractivity contribution >= 4 is 11.8 Å². The van der Waals surface area contributed by atoms with Gasteiger partial charge in [0, 0.05) is 16.2 Å². The number of thioether (sulfide) groups is 1. The van der Waals surface area contributed by atoms with Gasteiger partial charge >= 0.3 is 0 Å². The van der Waals surface area contributed by atoms with Crippen LogP contribution in [-0.4, -0.2) is 18.3 Å². The summed E-state index contributed by atoms with van der Waals surface area (Å²) in [5.74, 6) is 0.